The first-order chi connectivity index (χ1) is 10.3. The van der Waals surface area contributed by atoms with Gasteiger partial charge >= 0.3 is 0 Å². The predicted molar refractivity (Wildman–Crippen MR) is 85.7 cm³/mol. The zero-order chi connectivity index (χ0) is 14.7. The molecule has 0 aromatic heterocycles. The molecule has 108 valence electrons. The quantitative estimate of drug-likeness (QED) is 0.747. The number of halogens is 1. The van der Waals surface area contributed by atoms with Crippen LogP contribution in [-0.2, 0) is 0 Å². The van der Waals surface area contributed by atoms with Crippen molar-refractivity contribution in [1.29, 1.82) is 0 Å². The van der Waals surface area contributed by atoms with E-state index >= 15 is 0 Å². The third-order valence-corrected chi connectivity index (χ3v) is 4.61. The Kier molecular flexibility index (Phi) is 4.51. The standard InChI is InChI=1S/C16H13BrO3S/c17-12-3-2-11(10-18)16(8-12)21-13-4-5-14-15(9-13)20-7-1-6-19-14/h2-5,8-10H,1,6-7H2. The molecule has 0 saturated carbocycles. The molecule has 1 aliphatic rings. The molecule has 0 atom stereocenters. The van der Waals surface area contributed by atoms with Crippen LogP contribution in [0.4, 0.5) is 0 Å². The molecule has 2 aromatic rings. The lowest BCUT2D eigenvalue weighted by atomic mass is 10.2. The lowest BCUT2D eigenvalue weighted by Gasteiger charge is -2.10. The third-order valence-electron chi connectivity index (χ3n) is 3.05. The normalized spacial score (nSPS) is 13.6. The van der Waals surface area contributed by atoms with Gasteiger partial charge in [0.15, 0.2) is 17.8 Å². The van der Waals surface area contributed by atoms with Crippen molar-refractivity contribution in [2.75, 3.05) is 13.2 Å². The Morgan fingerprint density at radius 3 is 2.67 bits per heavy atom. The van der Waals surface area contributed by atoms with Crippen LogP contribution < -0.4 is 9.47 Å². The summed E-state index contributed by atoms with van der Waals surface area (Å²) in [5.74, 6) is 1.54. The van der Waals surface area contributed by atoms with E-state index in [2.05, 4.69) is 15.9 Å². The maximum absolute atomic E-state index is 11.1. The van der Waals surface area contributed by atoms with E-state index in [1.165, 1.54) is 11.8 Å². The van der Waals surface area contributed by atoms with E-state index in [1.807, 2.05) is 36.4 Å². The minimum absolute atomic E-state index is 0.664. The Hall–Kier alpha value is -1.46. The monoisotopic (exact) mass is 364 g/mol. The Labute approximate surface area is 135 Å². The smallest absolute Gasteiger partial charge is 0.162 e. The van der Waals surface area contributed by atoms with Crippen LogP contribution in [0.25, 0.3) is 0 Å². The molecule has 21 heavy (non-hydrogen) atoms. The van der Waals surface area contributed by atoms with Crippen molar-refractivity contribution < 1.29 is 14.3 Å². The van der Waals surface area contributed by atoms with Gasteiger partial charge in [-0.15, -0.1) is 0 Å². The average Bonchev–Trinajstić information content (AvgIpc) is 2.72. The van der Waals surface area contributed by atoms with Crippen LogP contribution in [0.3, 0.4) is 0 Å². The summed E-state index contributed by atoms with van der Waals surface area (Å²) in [6, 6.07) is 11.5. The van der Waals surface area contributed by atoms with Crippen LogP contribution in [-0.4, -0.2) is 19.5 Å². The highest BCUT2D eigenvalue weighted by atomic mass is 79.9. The molecule has 0 radical (unpaired) electrons. The Morgan fingerprint density at radius 2 is 1.86 bits per heavy atom. The van der Waals surface area contributed by atoms with Gasteiger partial charge in [0.2, 0.25) is 0 Å². The second-order valence-electron chi connectivity index (χ2n) is 4.56. The fourth-order valence-corrected chi connectivity index (χ4v) is 3.52. The minimum atomic E-state index is 0.664. The molecule has 3 nitrogen and oxygen atoms in total. The number of hydrogen-bond acceptors (Lipinski definition) is 4. The van der Waals surface area contributed by atoms with E-state index in [9.17, 15) is 4.79 Å². The van der Waals surface area contributed by atoms with E-state index in [0.29, 0.717) is 18.8 Å². The number of hydrogen-bond donors (Lipinski definition) is 0. The Morgan fingerprint density at radius 1 is 1.05 bits per heavy atom. The molecule has 0 bridgehead atoms. The van der Waals surface area contributed by atoms with Gasteiger partial charge in [-0.05, 0) is 36.4 Å². The second-order valence-corrected chi connectivity index (χ2v) is 6.59. The van der Waals surface area contributed by atoms with Gasteiger partial charge in [-0.3, -0.25) is 4.79 Å². The summed E-state index contributed by atoms with van der Waals surface area (Å²) in [5.41, 5.74) is 0.676. The molecule has 0 spiro atoms. The number of aldehydes is 1. The van der Waals surface area contributed by atoms with Gasteiger partial charge in [-0.1, -0.05) is 27.7 Å². The predicted octanol–water partition coefficient (Wildman–Crippen LogP) is 4.57. The lowest BCUT2D eigenvalue weighted by molar-refractivity contribution is 0.112. The van der Waals surface area contributed by atoms with Gasteiger partial charge in [0.25, 0.3) is 0 Å². The van der Waals surface area contributed by atoms with Crippen LogP contribution in [0.5, 0.6) is 11.5 Å². The van der Waals surface area contributed by atoms with E-state index in [1.54, 1.807) is 0 Å². The van der Waals surface area contributed by atoms with Crippen molar-refractivity contribution in [2.24, 2.45) is 0 Å². The van der Waals surface area contributed by atoms with Crippen molar-refractivity contribution >= 4 is 34.0 Å². The highest BCUT2D eigenvalue weighted by Gasteiger charge is 2.12. The maximum Gasteiger partial charge on any atom is 0.162 e. The molecule has 5 heteroatoms. The fraction of sp³-hybridized carbons (Fsp3) is 0.188. The Balaban J connectivity index is 1.90. The molecule has 1 heterocycles. The number of benzene rings is 2. The summed E-state index contributed by atoms with van der Waals surface area (Å²) in [6.45, 7) is 1.35. The zero-order valence-electron chi connectivity index (χ0n) is 11.2. The first kappa shape index (κ1) is 14.5. The molecule has 0 unspecified atom stereocenters. The minimum Gasteiger partial charge on any atom is -0.490 e. The van der Waals surface area contributed by atoms with Gasteiger partial charge in [0.1, 0.15) is 0 Å². The summed E-state index contributed by atoms with van der Waals surface area (Å²) in [5, 5.41) is 0. The van der Waals surface area contributed by atoms with Crippen molar-refractivity contribution in [3.05, 3.63) is 46.4 Å². The molecule has 1 aliphatic heterocycles. The molecular formula is C16H13BrO3S. The summed E-state index contributed by atoms with van der Waals surface area (Å²) >= 11 is 4.97. The van der Waals surface area contributed by atoms with Crippen LogP contribution in [0.15, 0.2) is 50.7 Å². The third kappa shape index (κ3) is 3.41. The molecule has 0 amide bonds. The molecule has 0 saturated heterocycles. The van der Waals surface area contributed by atoms with E-state index in [0.717, 1.165) is 38.5 Å². The molecule has 0 aliphatic carbocycles. The van der Waals surface area contributed by atoms with Crippen LogP contribution in [0.1, 0.15) is 16.8 Å². The van der Waals surface area contributed by atoms with E-state index < -0.39 is 0 Å². The number of ether oxygens (including phenoxy) is 2. The SMILES string of the molecule is O=Cc1ccc(Br)cc1Sc1ccc2c(c1)OCCCO2. The molecular weight excluding hydrogens is 352 g/mol. The number of carbonyl (C=O) groups excluding carboxylic acids is 1. The van der Waals surface area contributed by atoms with Crippen molar-refractivity contribution in [2.45, 2.75) is 16.2 Å². The van der Waals surface area contributed by atoms with Crippen molar-refractivity contribution in [1.82, 2.24) is 0 Å². The van der Waals surface area contributed by atoms with Gasteiger partial charge in [-0.2, -0.15) is 0 Å². The molecule has 0 fully saturated rings. The highest BCUT2D eigenvalue weighted by molar-refractivity contribution is 9.10. The average molecular weight is 365 g/mol. The first-order valence-corrected chi connectivity index (χ1v) is 8.19. The second kappa shape index (κ2) is 6.54. The van der Waals surface area contributed by atoms with Crippen LogP contribution in [0.2, 0.25) is 0 Å². The lowest BCUT2D eigenvalue weighted by Crippen LogP contribution is -1.97. The molecule has 2 aromatic carbocycles. The van der Waals surface area contributed by atoms with Crippen molar-refractivity contribution in [3.8, 4) is 11.5 Å². The summed E-state index contributed by atoms with van der Waals surface area (Å²) in [4.78, 5) is 13.1. The first-order valence-electron chi connectivity index (χ1n) is 6.58. The van der Waals surface area contributed by atoms with Crippen molar-refractivity contribution in [3.63, 3.8) is 0 Å². The summed E-state index contributed by atoms with van der Waals surface area (Å²) < 4.78 is 12.3. The van der Waals surface area contributed by atoms with Crippen LogP contribution >= 0.6 is 27.7 Å². The van der Waals surface area contributed by atoms with Gasteiger partial charge in [-0.25, -0.2) is 0 Å². The summed E-state index contributed by atoms with van der Waals surface area (Å²) in [7, 11) is 0. The van der Waals surface area contributed by atoms with Gasteiger partial charge in [0, 0.05) is 26.2 Å². The largest absolute Gasteiger partial charge is 0.490 e. The van der Waals surface area contributed by atoms with E-state index in [4.69, 9.17) is 9.47 Å². The zero-order valence-corrected chi connectivity index (χ0v) is 13.6. The van der Waals surface area contributed by atoms with Crippen LogP contribution in [0, 0.1) is 0 Å². The van der Waals surface area contributed by atoms with E-state index in [-0.39, 0.29) is 0 Å². The topological polar surface area (TPSA) is 35.5 Å². The summed E-state index contributed by atoms with van der Waals surface area (Å²) in [6.07, 6.45) is 1.76. The fourth-order valence-electron chi connectivity index (χ4n) is 2.03. The molecule has 0 N–H and O–H groups in total. The maximum atomic E-state index is 11.1. The van der Waals surface area contributed by atoms with Gasteiger partial charge in [0.05, 0.1) is 13.2 Å². The number of rotatable bonds is 3. The highest BCUT2D eigenvalue weighted by Crippen LogP contribution is 2.38. The molecule has 3 rings (SSSR count). The number of carbonyl (C=O) groups is 1. The number of fused-ring (bicyclic) bond motifs is 1. The van der Waals surface area contributed by atoms with Gasteiger partial charge < -0.3 is 9.47 Å². The Bertz CT molecular complexity index is 673.